The molecule has 0 heterocycles. The third kappa shape index (κ3) is 6.54. The molecule has 0 fully saturated rings. The predicted octanol–water partition coefficient (Wildman–Crippen LogP) is 0.992. The van der Waals surface area contributed by atoms with Crippen molar-refractivity contribution in [2.45, 2.75) is 25.3 Å². The van der Waals surface area contributed by atoms with Gasteiger partial charge < -0.3 is 15.7 Å². The first-order valence-corrected chi connectivity index (χ1v) is 9.08. The van der Waals surface area contributed by atoms with Gasteiger partial charge in [-0.1, -0.05) is 18.2 Å². The van der Waals surface area contributed by atoms with Crippen LogP contribution in [0.15, 0.2) is 34.2 Å². The lowest BCUT2D eigenvalue weighted by molar-refractivity contribution is 0.266. The zero-order chi connectivity index (χ0) is 17.3. The predicted molar refractivity (Wildman–Crippen MR) is 107 cm³/mol. The minimum Gasteiger partial charge on any atom is -0.395 e. The first kappa shape index (κ1) is 23.1. The molecule has 0 saturated carbocycles. The van der Waals surface area contributed by atoms with Gasteiger partial charge in [-0.2, -0.15) is 4.31 Å². The molecule has 0 atom stereocenters. The maximum Gasteiger partial charge on any atom is 0.243 e. The Kier molecular flexibility index (Phi) is 11.2. The van der Waals surface area contributed by atoms with Gasteiger partial charge >= 0.3 is 0 Å². The Balaban J connectivity index is 0.00000529. The summed E-state index contributed by atoms with van der Waals surface area (Å²) in [5.74, 6) is 0.644. The summed E-state index contributed by atoms with van der Waals surface area (Å²) < 4.78 is 26.3. The van der Waals surface area contributed by atoms with Crippen molar-refractivity contribution in [1.29, 1.82) is 0 Å². The number of benzene rings is 1. The molecule has 1 aromatic carbocycles. The Morgan fingerprint density at radius 2 is 1.79 bits per heavy atom. The van der Waals surface area contributed by atoms with E-state index in [1.165, 1.54) is 7.05 Å². The lowest BCUT2D eigenvalue weighted by atomic mass is 10.2. The first-order chi connectivity index (χ1) is 11.0. The average Bonchev–Trinajstić information content (AvgIpc) is 2.53. The molecule has 1 aromatic rings. The molecule has 1 rings (SSSR count). The first-order valence-electron chi connectivity index (χ1n) is 7.64. The van der Waals surface area contributed by atoms with Gasteiger partial charge in [-0.3, -0.25) is 0 Å². The van der Waals surface area contributed by atoms with Crippen molar-refractivity contribution in [3.63, 3.8) is 0 Å². The molecule has 0 amide bonds. The molecule has 24 heavy (non-hydrogen) atoms. The fourth-order valence-electron chi connectivity index (χ4n) is 1.99. The number of hydrogen-bond donors (Lipinski definition) is 3. The summed E-state index contributed by atoms with van der Waals surface area (Å²) in [6.07, 6.45) is 0. The Labute approximate surface area is 161 Å². The van der Waals surface area contributed by atoms with Crippen molar-refractivity contribution in [1.82, 2.24) is 14.9 Å². The summed E-state index contributed by atoms with van der Waals surface area (Å²) in [4.78, 5) is 4.63. The Hall–Kier alpha value is -0.910. The Morgan fingerprint density at radius 1 is 1.21 bits per heavy atom. The van der Waals surface area contributed by atoms with Gasteiger partial charge in [0.05, 0.1) is 18.0 Å². The number of aliphatic hydroxyl groups is 1. The number of aliphatic imine (C=N–C) groups is 1. The maximum absolute atomic E-state index is 12.6. The molecule has 0 saturated heterocycles. The molecule has 0 aliphatic carbocycles. The van der Waals surface area contributed by atoms with Crippen LogP contribution in [0, 0.1) is 0 Å². The number of guanidine groups is 1. The number of nitrogens with one attached hydrogen (secondary N) is 2. The molecular weight excluding hydrogens is 443 g/mol. The van der Waals surface area contributed by atoms with E-state index < -0.39 is 10.0 Å². The quantitative estimate of drug-likeness (QED) is 0.300. The number of hydrogen-bond acceptors (Lipinski definition) is 4. The van der Waals surface area contributed by atoms with Crippen LogP contribution < -0.4 is 10.6 Å². The van der Waals surface area contributed by atoms with Crippen LogP contribution in [0.25, 0.3) is 0 Å². The van der Waals surface area contributed by atoms with Crippen LogP contribution in [0.1, 0.15) is 19.4 Å². The number of aliphatic hydroxyl groups excluding tert-OH is 1. The van der Waals surface area contributed by atoms with E-state index in [0.29, 0.717) is 11.5 Å². The second kappa shape index (κ2) is 11.6. The molecule has 9 heteroatoms. The van der Waals surface area contributed by atoms with Crippen LogP contribution in [0.4, 0.5) is 0 Å². The highest BCUT2D eigenvalue weighted by Gasteiger charge is 2.23. The van der Waals surface area contributed by atoms with Gasteiger partial charge in [-0.05, 0) is 25.5 Å². The monoisotopic (exact) mass is 470 g/mol. The van der Waals surface area contributed by atoms with Gasteiger partial charge in [0.2, 0.25) is 10.0 Å². The van der Waals surface area contributed by atoms with Crippen LogP contribution in [0.5, 0.6) is 0 Å². The Morgan fingerprint density at radius 3 is 2.33 bits per heavy atom. The standard InChI is InChI=1S/C15H26N4O3S.HI/c1-4-16-15(17-5-2)18-12-13-8-6-7-9-14(13)23(21,22)19(3)10-11-20;/h6-9,20H,4-5,10-12H2,1-3H3,(H2,16,17,18);1H. The van der Waals surface area contributed by atoms with E-state index in [1.807, 2.05) is 13.8 Å². The molecule has 0 bridgehead atoms. The van der Waals surface area contributed by atoms with Crippen molar-refractivity contribution in [2.24, 2.45) is 4.99 Å². The van der Waals surface area contributed by atoms with Gasteiger partial charge in [0.1, 0.15) is 0 Å². The van der Waals surface area contributed by atoms with Gasteiger partial charge in [-0.25, -0.2) is 13.4 Å². The van der Waals surface area contributed by atoms with E-state index in [4.69, 9.17) is 5.11 Å². The van der Waals surface area contributed by atoms with Gasteiger partial charge in [0.25, 0.3) is 0 Å². The van der Waals surface area contributed by atoms with E-state index in [-0.39, 0.29) is 48.6 Å². The van der Waals surface area contributed by atoms with Gasteiger partial charge in [0, 0.05) is 26.7 Å². The number of halogens is 1. The van der Waals surface area contributed by atoms with Crippen molar-refractivity contribution in [2.75, 3.05) is 33.3 Å². The molecule has 0 radical (unpaired) electrons. The van der Waals surface area contributed by atoms with Crippen LogP contribution in [0.3, 0.4) is 0 Å². The second-order valence-corrected chi connectivity index (χ2v) is 6.90. The molecule has 7 nitrogen and oxygen atoms in total. The van der Waals surface area contributed by atoms with Crippen LogP contribution in [0.2, 0.25) is 0 Å². The van der Waals surface area contributed by atoms with Crippen molar-refractivity contribution >= 4 is 40.0 Å². The van der Waals surface area contributed by atoms with E-state index >= 15 is 0 Å². The summed E-state index contributed by atoms with van der Waals surface area (Å²) in [5.41, 5.74) is 0.616. The van der Waals surface area contributed by atoms with Crippen molar-refractivity contribution in [3.05, 3.63) is 29.8 Å². The Bertz CT molecular complexity index is 615. The van der Waals surface area contributed by atoms with Crippen LogP contribution in [-0.4, -0.2) is 57.1 Å². The van der Waals surface area contributed by atoms with E-state index in [0.717, 1.165) is 17.4 Å². The van der Waals surface area contributed by atoms with Crippen LogP contribution >= 0.6 is 24.0 Å². The molecule has 138 valence electrons. The third-order valence-electron chi connectivity index (χ3n) is 3.17. The molecule has 3 N–H and O–H groups in total. The van der Waals surface area contributed by atoms with E-state index in [9.17, 15) is 8.42 Å². The molecule has 0 unspecified atom stereocenters. The highest BCUT2D eigenvalue weighted by Crippen LogP contribution is 2.19. The summed E-state index contributed by atoms with van der Waals surface area (Å²) in [6.45, 7) is 5.47. The average molecular weight is 470 g/mol. The second-order valence-electron chi connectivity index (χ2n) is 4.88. The maximum atomic E-state index is 12.6. The normalized spacial score (nSPS) is 10.9. The minimum atomic E-state index is -3.64. The van der Waals surface area contributed by atoms with Crippen LogP contribution in [-0.2, 0) is 16.6 Å². The summed E-state index contributed by atoms with van der Waals surface area (Å²) in [6, 6.07) is 6.78. The fraction of sp³-hybridized carbons (Fsp3) is 0.533. The highest BCUT2D eigenvalue weighted by atomic mass is 127. The SMILES string of the molecule is CCNC(=NCc1ccccc1S(=O)(=O)N(C)CCO)NCC.I. The topological polar surface area (TPSA) is 94.0 Å². The molecule has 0 aliphatic rings. The van der Waals surface area contributed by atoms with Crippen molar-refractivity contribution < 1.29 is 13.5 Å². The van der Waals surface area contributed by atoms with Gasteiger partial charge in [-0.15, -0.1) is 24.0 Å². The third-order valence-corrected chi connectivity index (χ3v) is 5.13. The number of sulfonamides is 1. The fourth-order valence-corrected chi connectivity index (χ4v) is 3.36. The minimum absolute atomic E-state index is 0. The largest absolute Gasteiger partial charge is 0.395 e. The summed E-state index contributed by atoms with van der Waals surface area (Å²) >= 11 is 0. The van der Waals surface area contributed by atoms with E-state index in [2.05, 4.69) is 15.6 Å². The smallest absolute Gasteiger partial charge is 0.243 e. The number of nitrogens with zero attached hydrogens (tertiary/aromatic N) is 2. The highest BCUT2D eigenvalue weighted by molar-refractivity contribution is 14.0. The lowest BCUT2D eigenvalue weighted by Crippen LogP contribution is -2.37. The molecule has 0 spiro atoms. The molecular formula is C15H27IN4O3S. The van der Waals surface area contributed by atoms with E-state index in [1.54, 1.807) is 24.3 Å². The zero-order valence-corrected chi connectivity index (χ0v) is 17.5. The van der Waals surface area contributed by atoms with Gasteiger partial charge in [0.15, 0.2) is 5.96 Å². The van der Waals surface area contributed by atoms with Crippen molar-refractivity contribution in [3.8, 4) is 0 Å². The molecule has 0 aromatic heterocycles. The summed E-state index contributed by atoms with van der Waals surface area (Å²) in [7, 11) is -2.19. The lowest BCUT2D eigenvalue weighted by Gasteiger charge is -2.18. The number of likely N-dealkylation sites (N-methyl/N-ethyl adjacent to an activating group) is 1. The molecule has 0 aliphatic heterocycles. The zero-order valence-electron chi connectivity index (χ0n) is 14.3. The summed E-state index contributed by atoms with van der Waals surface area (Å²) in [5, 5.41) is 15.2. The number of rotatable bonds is 8.